The number of phenolic OH excluding ortho intramolecular Hbond substituents is 1. The smallest absolute Gasteiger partial charge is 0.224 e. The van der Waals surface area contributed by atoms with Gasteiger partial charge in [-0.3, -0.25) is 4.79 Å². The summed E-state index contributed by atoms with van der Waals surface area (Å²) in [6, 6.07) is 11.1. The highest BCUT2D eigenvalue weighted by molar-refractivity contribution is 5.92. The van der Waals surface area contributed by atoms with Crippen LogP contribution in [0.5, 0.6) is 5.75 Å². The van der Waals surface area contributed by atoms with Crippen molar-refractivity contribution in [3.05, 3.63) is 53.1 Å². The highest BCUT2D eigenvalue weighted by atomic mass is 16.3. The average molecular weight is 284 g/mol. The first-order valence-electron chi connectivity index (χ1n) is 6.91. The Morgan fingerprint density at radius 3 is 2.67 bits per heavy atom. The number of benzene rings is 2. The van der Waals surface area contributed by atoms with Gasteiger partial charge in [0.2, 0.25) is 5.91 Å². The van der Waals surface area contributed by atoms with Crippen molar-refractivity contribution in [2.75, 3.05) is 11.1 Å². The molecule has 0 aliphatic rings. The molecule has 4 nitrogen and oxygen atoms in total. The molecule has 0 bridgehead atoms. The van der Waals surface area contributed by atoms with Crippen molar-refractivity contribution in [1.29, 1.82) is 0 Å². The maximum absolute atomic E-state index is 12.0. The van der Waals surface area contributed by atoms with E-state index in [9.17, 15) is 9.90 Å². The van der Waals surface area contributed by atoms with Gasteiger partial charge in [-0.25, -0.2) is 0 Å². The lowest BCUT2D eigenvalue weighted by Gasteiger charge is -2.11. The maximum Gasteiger partial charge on any atom is 0.224 e. The third-order valence-electron chi connectivity index (χ3n) is 3.40. The number of hydrogen-bond acceptors (Lipinski definition) is 3. The van der Waals surface area contributed by atoms with Gasteiger partial charge in [0.05, 0.1) is 5.69 Å². The second-order valence-corrected chi connectivity index (χ2v) is 5.22. The molecule has 0 saturated heterocycles. The van der Waals surface area contributed by atoms with Crippen LogP contribution in [0.2, 0.25) is 0 Å². The molecule has 0 aliphatic heterocycles. The lowest BCUT2D eigenvalue weighted by molar-refractivity contribution is -0.116. The molecule has 2 rings (SSSR count). The molecule has 0 atom stereocenters. The van der Waals surface area contributed by atoms with Gasteiger partial charge in [-0.2, -0.15) is 0 Å². The summed E-state index contributed by atoms with van der Waals surface area (Å²) >= 11 is 0. The molecule has 0 fully saturated rings. The monoisotopic (exact) mass is 284 g/mol. The van der Waals surface area contributed by atoms with Crippen molar-refractivity contribution in [2.45, 2.75) is 26.7 Å². The van der Waals surface area contributed by atoms with Crippen LogP contribution in [0, 0.1) is 13.8 Å². The third-order valence-corrected chi connectivity index (χ3v) is 3.40. The fourth-order valence-electron chi connectivity index (χ4n) is 2.28. The van der Waals surface area contributed by atoms with Crippen LogP contribution in [0.25, 0.3) is 0 Å². The fourth-order valence-corrected chi connectivity index (χ4v) is 2.28. The van der Waals surface area contributed by atoms with Gasteiger partial charge in [-0.1, -0.05) is 24.3 Å². The lowest BCUT2D eigenvalue weighted by atomic mass is 10.1. The quantitative estimate of drug-likeness (QED) is 0.596. The van der Waals surface area contributed by atoms with Crippen LogP contribution in [-0.2, 0) is 11.2 Å². The number of nitrogens with two attached hydrogens (primary N) is 1. The number of nitrogen functional groups attached to an aromatic ring is 1. The molecule has 21 heavy (non-hydrogen) atoms. The van der Waals surface area contributed by atoms with Gasteiger partial charge in [0.15, 0.2) is 0 Å². The summed E-state index contributed by atoms with van der Waals surface area (Å²) in [7, 11) is 0. The van der Waals surface area contributed by atoms with Crippen molar-refractivity contribution in [1.82, 2.24) is 0 Å². The first-order chi connectivity index (χ1) is 9.97. The Kier molecular flexibility index (Phi) is 4.48. The number of nitrogens with one attached hydrogen (secondary N) is 1. The summed E-state index contributed by atoms with van der Waals surface area (Å²) in [5.41, 5.74) is 9.70. The molecule has 4 heteroatoms. The Hall–Kier alpha value is -2.49. The average Bonchev–Trinajstić information content (AvgIpc) is 2.43. The Balaban J connectivity index is 2.01. The van der Waals surface area contributed by atoms with E-state index in [1.165, 1.54) is 0 Å². The largest absolute Gasteiger partial charge is 0.505 e. The van der Waals surface area contributed by atoms with Crippen LogP contribution in [0.3, 0.4) is 0 Å². The van der Waals surface area contributed by atoms with Crippen molar-refractivity contribution in [3.63, 3.8) is 0 Å². The van der Waals surface area contributed by atoms with Crippen LogP contribution in [0.4, 0.5) is 11.4 Å². The molecule has 0 saturated carbocycles. The minimum Gasteiger partial charge on any atom is -0.505 e. The number of phenols is 1. The first-order valence-corrected chi connectivity index (χ1v) is 6.91. The van der Waals surface area contributed by atoms with Crippen molar-refractivity contribution < 1.29 is 9.90 Å². The second kappa shape index (κ2) is 6.31. The van der Waals surface area contributed by atoms with Crippen LogP contribution in [-0.4, -0.2) is 11.0 Å². The highest BCUT2D eigenvalue weighted by Gasteiger charge is 2.10. The number of aromatic hydroxyl groups is 1. The molecule has 0 heterocycles. The fraction of sp³-hybridized carbons (Fsp3) is 0.235. The minimum absolute atomic E-state index is 0.119. The summed E-state index contributed by atoms with van der Waals surface area (Å²) in [5, 5.41) is 12.7. The summed E-state index contributed by atoms with van der Waals surface area (Å²) in [6.45, 7) is 3.73. The van der Waals surface area contributed by atoms with Gasteiger partial charge < -0.3 is 16.2 Å². The van der Waals surface area contributed by atoms with Gasteiger partial charge in [-0.15, -0.1) is 0 Å². The first kappa shape index (κ1) is 14.9. The SMILES string of the molecule is Cc1cc(C)c(O)c(NC(=O)CCc2ccccc2N)c1. The van der Waals surface area contributed by atoms with E-state index in [2.05, 4.69) is 5.32 Å². The Morgan fingerprint density at radius 1 is 1.24 bits per heavy atom. The normalized spacial score (nSPS) is 10.4. The predicted octanol–water partition coefficient (Wildman–Crippen LogP) is 3.16. The van der Waals surface area contributed by atoms with Gasteiger partial charge in [0.1, 0.15) is 5.75 Å². The summed E-state index contributed by atoms with van der Waals surface area (Å²) in [5.74, 6) is -0.0215. The van der Waals surface area contributed by atoms with Gasteiger partial charge in [0.25, 0.3) is 0 Å². The van der Waals surface area contributed by atoms with E-state index in [0.717, 1.165) is 16.7 Å². The highest BCUT2D eigenvalue weighted by Crippen LogP contribution is 2.28. The minimum atomic E-state index is -0.140. The molecule has 0 spiro atoms. The topological polar surface area (TPSA) is 75.3 Å². The van der Waals surface area contributed by atoms with Gasteiger partial charge in [-0.05, 0) is 49.1 Å². The number of anilines is 2. The van der Waals surface area contributed by atoms with Crippen LogP contribution < -0.4 is 11.1 Å². The number of hydrogen-bond donors (Lipinski definition) is 3. The Morgan fingerprint density at radius 2 is 1.95 bits per heavy atom. The van der Waals surface area contributed by atoms with E-state index in [4.69, 9.17) is 5.73 Å². The van der Waals surface area contributed by atoms with E-state index in [1.807, 2.05) is 44.2 Å². The summed E-state index contributed by atoms with van der Waals surface area (Å²) in [4.78, 5) is 12.0. The van der Waals surface area contributed by atoms with Crippen molar-refractivity contribution >= 4 is 17.3 Å². The van der Waals surface area contributed by atoms with Crippen LogP contribution in [0.15, 0.2) is 36.4 Å². The van der Waals surface area contributed by atoms with Crippen molar-refractivity contribution in [2.24, 2.45) is 0 Å². The van der Waals surface area contributed by atoms with E-state index >= 15 is 0 Å². The zero-order chi connectivity index (χ0) is 15.4. The zero-order valence-electron chi connectivity index (χ0n) is 12.3. The zero-order valence-corrected chi connectivity index (χ0v) is 12.3. The summed E-state index contributed by atoms with van der Waals surface area (Å²) < 4.78 is 0. The Labute approximate surface area is 124 Å². The maximum atomic E-state index is 12.0. The standard InChI is InChI=1S/C17H20N2O2/c1-11-9-12(2)17(21)15(10-11)19-16(20)8-7-13-5-3-4-6-14(13)18/h3-6,9-10,21H,7-8,18H2,1-2H3,(H,19,20). The van der Waals surface area contributed by atoms with Gasteiger partial charge >= 0.3 is 0 Å². The molecule has 0 radical (unpaired) electrons. The van der Waals surface area contributed by atoms with E-state index < -0.39 is 0 Å². The molecule has 0 unspecified atom stereocenters. The van der Waals surface area contributed by atoms with Crippen LogP contribution in [0.1, 0.15) is 23.1 Å². The van der Waals surface area contributed by atoms with E-state index in [0.29, 0.717) is 24.2 Å². The molecule has 2 aromatic carbocycles. The van der Waals surface area contributed by atoms with Crippen molar-refractivity contribution in [3.8, 4) is 5.75 Å². The number of carbonyl (C=O) groups is 1. The number of carbonyl (C=O) groups excluding carboxylic acids is 1. The number of amides is 1. The molecule has 4 N–H and O–H groups in total. The number of rotatable bonds is 4. The molecular formula is C17H20N2O2. The molecule has 0 aromatic heterocycles. The summed E-state index contributed by atoms with van der Waals surface area (Å²) in [6.07, 6.45) is 0.894. The number of para-hydroxylation sites is 1. The molecular weight excluding hydrogens is 264 g/mol. The molecule has 110 valence electrons. The molecule has 0 aliphatic carbocycles. The van der Waals surface area contributed by atoms with Crippen LogP contribution >= 0.6 is 0 Å². The predicted molar refractivity (Wildman–Crippen MR) is 85.4 cm³/mol. The number of aryl methyl sites for hydroxylation is 3. The van der Waals surface area contributed by atoms with E-state index in [-0.39, 0.29) is 11.7 Å². The molecule has 1 amide bonds. The molecule has 2 aromatic rings. The third kappa shape index (κ3) is 3.75. The van der Waals surface area contributed by atoms with E-state index in [1.54, 1.807) is 6.07 Å². The van der Waals surface area contributed by atoms with Gasteiger partial charge in [0, 0.05) is 12.1 Å². The second-order valence-electron chi connectivity index (χ2n) is 5.22. The Bertz CT molecular complexity index is 666. The lowest BCUT2D eigenvalue weighted by Crippen LogP contribution is -2.13.